The fraction of sp³-hybridized carbons (Fsp3) is 0.500. The molecule has 1 saturated heterocycles. The Kier molecular flexibility index (Phi) is 5.58. The normalized spacial score (nSPS) is 20.6. The van der Waals surface area contributed by atoms with Gasteiger partial charge in [0.2, 0.25) is 0 Å². The van der Waals surface area contributed by atoms with Gasteiger partial charge in [-0.05, 0) is 62.4 Å². The number of rotatable bonds is 7. The fourth-order valence-electron chi connectivity index (χ4n) is 5.15. The lowest BCUT2D eigenvalue weighted by atomic mass is 9.74. The quantitative estimate of drug-likeness (QED) is 0.676. The molecule has 1 N–H and O–H groups in total. The van der Waals surface area contributed by atoms with Gasteiger partial charge >= 0.3 is 5.97 Å². The van der Waals surface area contributed by atoms with Crippen molar-refractivity contribution in [1.29, 1.82) is 0 Å². The summed E-state index contributed by atoms with van der Waals surface area (Å²) in [6, 6.07) is 11.3. The zero-order chi connectivity index (χ0) is 22.3. The van der Waals surface area contributed by atoms with Crippen molar-refractivity contribution in [3.63, 3.8) is 0 Å². The first-order chi connectivity index (χ1) is 15.4. The molecule has 0 bridgehead atoms. The average molecular weight is 440 g/mol. The molecule has 1 atom stereocenters. The number of carbonyl (C=O) groups is 1. The first-order valence-electron chi connectivity index (χ1n) is 11.6. The molecule has 1 unspecified atom stereocenters. The minimum absolute atomic E-state index is 0.0124. The maximum absolute atomic E-state index is 14.4. The van der Waals surface area contributed by atoms with Crippen LogP contribution in [0.3, 0.4) is 0 Å². The van der Waals surface area contributed by atoms with E-state index in [2.05, 4.69) is 11.0 Å². The monoisotopic (exact) mass is 439 g/mol. The standard InChI is InChI=1S/C26H30FNO4/c1-17(25(29)30)14-28-11-9-26(10-12-28)16-32-24-13-19(7-8-22(24)26)31-15-21-20(18-5-6-18)3-2-4-23(21)27/h2-4,7-8,13,17-18H,5-6,9-12,14-16H2,1H3,(H,29,30). The van der Waals surface area contributed by atoms with E-state index in [4.69, 9.17) is 9.47 Å². The molecule has 3 aliphatic rings. The number of fused-ring (bicyclic) bond motifs is 2. The summed E-state index contributed by atoms with van der Waals surface area (Å²) < 4.78 is 26.5. The van der Waals surface area contributed by atoms with Crippen molar-refractivity contribution in [2.24, 2.45) is 5.92 Å². The SMILES string of the molecule is CC(CN1CCC2(CC1)COc1cc(OCc3c(F)cccc3C3CC3)ccc12)C(=O)O. The van der Waals surface area contributed by atoms with Gasteiger partial charge in [-0.25, -0.2) is 4.39 Å². The lowest BCUT2D eigenvalue weighted by molar-refractivity contribution is -0.141. The second-order valence-electron chi connectivity index (χ2n) is 9.64. The molecule has 2 fully saturated rings. The summed E-state index contributed by atoms with van der Waals surface area (Å²) in [5.41, 5.74) is 2.93. The van der Waals surface area contributed by atoms with Crippen LogP contribution in [0.15, 0.2) is 36.4 Å². The predicted octanol–water partition coefficient (Wildman–Crippen LogP) is 4.73. The zero-order valence-electron chi connectivity index (χ0n) is 18.5. The van der Waals surface area contributed by atoms with Crippen LogP contribution >= 0.6 is 0 Å². The summed E-state index contributed by atoms with van der Waals surface area (Å²) in [5.74, 6) is 0.716. The smallest absolute Gasteiger partial charge is 0.307 e. The molecule has 5 rings (SSSR count). The summed E-state index contributed by atoms with van der Waals surface area (Å²) in [5, 5.41) is 9.17. The van der Waals surface area contributed by atoms with Crippen molar-refractivity contribution in [3.8, 4) is 11.5 Å². The first-order valence-corrected chi connectivity index (χ1v) is 11.6. The maximum atomic E-state index is 14.4. The number of carboxylic acid groups (broad SMARTS) is 1. The third-order valence-electron chi connectivity index (χ3n) is 7.35. The Morgan fingerprint density at radius 3 is 2.78 bits per heavy atom. The number of nitrogens with zero attached hydrogens (tertiary/aromatic N) is 1. The minimum Gasteiger partial charge on any atom is -0.492 e. The van der Waals surface area contributed by atoms with Crippen LogP contribution in [0.1, 0.15) is 55.2 Å². The van der Waals surface area contributed by atoms with Crippen molar-refractivity contribution in [3.05, 3.63) is 58.9 Å². The van der Waals surface area contributed by atoms with E-state index < -0.39 is 5.97 Å². The number of hydrogen-bond donors (Lipinski definition) is 1. The Labute approximate surface area is 188 Å². The molecule has 2 aromatic rings. The van der Waals surface area contributed by atoms with Crippen molar-refractivity contribution < 1.29 is 23.8 Å². The second kappa shape index (κ2) is 8.39. The second-order valence-corrected chi connectivity index (χ2v) is 9.64. The highest BCUT2D eigenvalue weighted by atomic mass is 19.1. The van der Waals surface area contributed by atoms with Gasteiger partial charge in [-0.15, -0.1) is 0 Å². The summed E-state index contributed by atoms with van der Waals surface area (Å²) in [6.07, 6.45) is 4.15. The number of benzene rings is 2. The largest absolute Gasteiger partial charge is 0.492 e. The van der Waals surface area contributed by atoms with Crippen LogP contribution in [-0.4, -0.2) is 42.2 Å². The molecule has 5 nitrogen and oxygen atoms in total. The van der Waals surface area contributed by atoms with E-state index in [9.17, 15) is 14.3 Å². The Morgan fingerprint density at radius 2 is 2.06 bits per heavy atom. The lowest BCUT2D eigenvalue weighted by Gasteiger charge is -2.39. The highest BCUT2D eigenvalue weighted by molar-refractivity contribution is 5.69. The molecular formula is C26H30FNO4. The van der Waals surface area contributed by atoms with Gasteiger partial charge < -0.3 is 19.5 Å². The van der Waals surface area contributed by atoms with Gasteiger partial charge in [0.25, 0.3) is 0 Å². The molecular weight excluding hydrogens is 409 g/mol. The topological polar surface area (TPSA) is 59.0 Å². The predicted molar refractivity (Wildman–Crippen MR) is 119 cm³/mol. The molecule has 2 heterocycles. The molecule has 32 heavy (non-hydrogen) atoms. The molecule has 170 valence electrons. The Balaban J connectivity index is 1.25. The summed E-state index contributed by atoms with van der Waals surface area (Å²) in [7, 11) is 0. The average Bonchev–Trinajstić information content (AvgIpc) is 3.58. The van der Waals surface area contributed by atoms with Crippen molar-refractivity contribution in [2.45, 2.75) is 50.5 Å². The molecule has 6 heteroatoms. The van der Waals surface area contributed by atoms with Crippen LogP contribution in [0.2, 0.25) is 0 Å². The number of ether oxygens (including phenoxy) is 2. The van der Waals surface area contributed by atoms with Crippen molar-refractivity contribution >= 4 is 5.97 Å². The van der Waals surface area contributed by atoms with Crippen molar-refractivity contribution in [2.75, 3.05) is 26.2 Å². The molecule has 2 aliphatic heterocycles. The summed E-state index contributed by atoms with van der Waals surface area (Å²) in [6.45, 7) is 4.96. The van der Waals surface area contributed by atoms with Crippen LogP contribution in [0.4, 0.5) is 4.39 Å². The van der Waals surface area contributed by atoms with Gasteiger partial charge in [0.15, 0.2) is 0 Å². The molecule has 0 radical (unpaired) electrons. The van der Waals surface area contributed by atoms with Gasteiger partial charge in [0.1, 0.15) is 23.9 Å². The van der Waals surface area contributed by atoms with Gasteiger partial charge in [-0.2, -0.15) is 0 Å². The summed E-state index contributed by atoms with van der Waals surface area (Å²) >= 11 is 0. The van der Waals surface area contributed by atoms with Gasteiger partial charge in [-0.1, -0.05) is 25.1 Å². The Morgan fingerprint density at radius 1 is 1.28 bits per heavy atom. The van der Waals surface area contributed by atoms with Crippen LogP contribution in [0.25, 0.3) is 0 Å². The van der Waals surface area contributed by atoms with E-state index >= 15 is 0 Å². The van der Waals surface area contributed by atoms with Gasteiger partial charge in [0, 0.05) is 29.2 Å². The van der Waals surface area contributed by atoms with E-state index in [1.54, 1.807) is 13.0 Å². The van der Waals surface area contributed by atoms with Crippen LogP contribution in [0.5, 0.6) is 11.5 Å². The number of hydrogen-bond acceptors (Lipinski definition) is 4. The first kappa shape index (κ1) is 21.3. The number of likely N-dealkylation sites (tertiary alicyclic amines) is 1. The number of aliphatic carboxylic acids is 1. The van der Waals surface area contributed by atoms with E-state index in [1.807, 2.05) is 18.2 Å². The molecule has 1 spiro atoms. The zero-order valence-corrected chi connectivity index (χ0v) is 18.5. The van der Waals surface area contributed by atoms with E-state index in [0.717, 1.165) is 50.1 Å². The number of halogens is 1. The molecule has 0 amide bonds. The van der Waals surface area contributed by atoms with Crippen LogP contribution in [0, 0.1) is 11.7 Å². The third-order valence-corrected chi connectivity index (χ3v) is 7.35. The Bertz CT molecular complexity index is 1010. The van der Waals surface area contributed by atoms with E-state index in [0.29, 0.717) is 30.4 Å². The highest BCUT2D eigenvalue weighted by Gasteiger charge is 2.43. The van der Waals surface area contributed by atoms with Crippen molar-refractivity contribution in [1.82, 2.24) is 4.90 Å². The lowest BCUT2D eigenvalue weighted by Crippen LogP contribution is -2.45. The third kappa shape index (κ3) is 4.08. The molecule has 1 aliphatic carbocycles. The van der Waals surface area contributed by atoms with E-state index in [1.165, 1.54) is 11.6 Å². The summed E-state index contributed by atoms with van der Waals surface area (Å²) in [4.78, 5) is 13.4. The molecule has 2 aromatic carbocycles. The molecule has 1 saturated carbocycles. The maximum Gasteiger partial charge on any atom is 0.307 e. The number of piperidine rings is 1. The van der Waals surface area contributed by atoms with Crippen LogP contribution in [-0.2, 0) is 16.8 Å². The Hall–Kier alpha value is -2.60. The molecule has 0 aromatic heterocycles. The van der Waals surface area contributed by atoms with E-state index in [-0.39, 0.29) is 23.8 Å². The highest BCUT2D eigenvalue weighted by Crippen LogP contribution is 2.47. The van der Waals surface area contributed by atoms with Gasteiger partial charge in [-0.3, -0.25) is 4.79 Å². The minimum atomic E-state index is -0.744. The van der Waals surface area contributed by atoms with Crippen LogP contribution < -0.4 is 9.47 Å². The number of carboxylic acids is 1. The van der Waals surface area contributed by atoms with Gasteiger partial charge in [0.05, 0.1) is 12.5 Å². The fourth-order valence-corrected chi connectivity index (χ4v) is 5.15.